The standard InChI is InChI=1S/C20H22F5N5O/c21-16-10-30(11-17(16)22)18-15(20(23,24)25)8-26-19(28-18)27-12-3-5-13(6-4-12)29-7-1-2-14(31)9-29/h3-6,8,14,16-17,31H,1-2,7,9-11H2,(H,26,27,28)/t14?,16-,17-/m0/s1. The molecule has 2 aromatic rings. The summed E-state index contributed by atoms with van der Waals surface area (Å²) < 4.78 is 67.2. The number of piperidine rings is 1. The van der Waals surface area contributed by atoms with Gasteiger partial charge in [-0.05, 0) is 37.1 Å². The van der Waals surface area contributed by atoms with E-state index in [9.17, 15) is 27.1 Å². The van der Waals surface area contributed by atoms with Crippen LogP contribution in [0.4, 0.5) is 45.1 Å². The van der Waals surface area contributed by atoms with Crippen molar-refractivity contribution in [1.29, 1.82) is 0 Å². The lowest BCUT2D eigenvalue weighted by atomic mass is 10.1. The average Bonchev–Trinajstić information content (AvgIpc) is 3.06. The maximum atomic E-state index is 13.6. The van der Waals surface area contributed by atoms with Gasteiger partial charge in [0.1, 0.15) is 11.4 Å². The number of rotatable bonds is 4. The molecule has 2 aliphatic heterocycles. The summed E-state index contributed by atoms with van der Waals surface area (Å²) in [5.74, 6) is -0.659. The van der Waals surface area contributed by atoms with Crippen LogP contribution < -0.4 is 15.1 Å². The van der Waals surface area contributed by atoms with Gasteiger partial charge in [0.05, 0.1) is 19.2 Å². The van der Waals surface area contributed by atoms with E-state index in [0.717, 1.165) is 30.0 Å². The molecule has 0 radical (unpaired) electrons. The molecular formula is C20H22F5N5O. The highest BCUT2D eigenvalue weighted by molar-refractivity contribution is 5.61. The maximum Gasteiger partial charge on any atom is 0.421 e. The van der Waals surface area contributed by atoms with Crippen molar-refractivity contribution in [3.8, 4) is 0 Å². The van der Waals surface area contributed by atoms with Crippen LogP contribution in [0.2, 0.25) is 0 Å². The van der Waals surface area contributed by atoms with E-state index in [0.29, 0.717) is 18.4 Å². The largest absolute Gasteiger partial charge is 0.421 e. The van der Waals surface area contributed by atoms with Crippen molar-refractivity contribution in [3.63, 3.8) is 0 Å². The molecule has 31 heavy (non-hydrogen) atoms. The molecular weight excluding hydrogens is 421 g/mol. The fraction of sp³-hybridized carbons (Fsp3) is 0.500. The van der Waals surface area contributed by atoms with Crippen LogP contribution in [0.3, 0.4) is 0 Å². The number of aromatic nitrogens is 2. The molecule has 11 heteroatoms. The van der Waals surface area contributed by atoms with Gasteiger partial charge in [-0.25, -0.2) is 13.8 Å². The third kappa shape index (κ3) is 4.81. The Kier molecular flexibility index (Phi) is 5.87. The topological polar surface area (TPSA) is 64.5 Å². The first kappa shape index (κ1) is 21.5. The molecule has 4 rings (SSSR count). The van der Waals surface area contributed by atoms with Gasteiger partial charge >= 0.3 is 6.18 Å². The minimum atomic E-state index is -4.76. The Labute approximate surface area is 175 Å². The number of halogens is 5. The monoisotopic (exact) mass is 443 g/mol. The first-order chi connectivity index (χ1) is 14.7. The zero-order valence-corrected chi connectivity index (χ0v) is 16.5. The van der Waals surface area contributed by atoms with Crippen molar-refractivity contribution in [2.24, 2.45) is 0 Å². The number of nitrogens with one attached hydrogen (secondary N) is 1. The Morgan fingerprint density at radius 2 is 1.68 bits per heavy atom. The molecule has 3 heterocycles. The first-order valence-corrected chi connectivity index (χ1v) is 9.98. The predicted octanol–water partition coefficient (Wildman–Crippen LogP) is 3.70. The molecule has 2 fully saturated rings. The second kappa shape index (κ2) is 8.45. The summed E-state index contributed by atoms with van der Waals surface area (Å²) in [5, 5.41) is 12.7. The third-order valence-corrected chi connectivity index (χ3v) is 5.44. The molecule has 3 atom stereocenters. The van der Waals surface area contributed by atoms with Crippen LogP contribution in [-0.2, 0) is 6.18 Å². The van der Waals surface area contributed by atoms with Crippen molar-refractivity contribution in [2.45, 2.75) is 37.5 Å². The number of hydrogen-bond acceptors (Lipinski definition) is 6. The van der Waals surface area contributed by atoms with E-state index in [4.69, 9.17) is 0 Å². The molecule has 1 aromatic carbocycles. The van der Waals surface area contributed by atoms with Crippen LogP contribution in [0.5, 0.6) is 0 Å². The summed E-state index contributed by atoms with van der Waals surface area (Å²) in [5.41, 5.74) is 0.317. The molecule has 0 amide bonds. The van der Waals surface area contributed by atoms with Gasteiger partial charge in [-0.2, -0.15) is 18.2 Å². The minimum absolute atomic E-state index is 0.109. The lowest BCUT2D eigenvalue weighted by Gasteiger charge is -2.32. The van der Waals surface area contributed by atoms with E-state index in [1.54, 1.807) is 12.1 Å². The molecule has 0 aliphatic carbocycles. The van der Waals surface area contributed by atoms with Gasteiger partial charge in [0.15, 0.2) is 12.3 Å². The smallest absolute Gasteiger partial charge is 0.391 e. The van der Waals surface area contributed by atoms with E-state index in [1.165, 1.54) is 0 Å². The SMILES string of the molecule is OC1CCCN(c2ccc(Nc3ncc(C(F)(F)F)c(N4C[C@H](F)[C@@H](F)C4)n3)cc2)C1. The Balaban J connectivity index is 1.54. The summed E-state index contributed by atoms with van der Waals surface area (Å²) in [6.45, 7) is 0.365. The van der Waals surface area contributed by atoms with Gasteiger partial charge in [0.25, 0.3) is 0 Å². The van der Waals surface area contributed by atoms with Crippen LogP contribution in [-0.4, -0.2) is 59.7 Å². The summed E-state index contributed by atoms with van der Waals surface area (Å²) in [4.78, 5) is 10.7. The summed E-state index contributed by atoms with van der Waals surface area (Å²) in [6, 6.07) is 7.10. The maximum absolute atomic E-state index is 13.6. The number of anilines is 4. The fourth-order valence-corrected chi connectivity index (χ4v) is 3.85. The van der Waals surface area contributed by atoms with Gasteiger partial charge in [-0.15, -0.1) is 0 Å². The Bertz CT molecular complexity index is 900. The lowest BCUT2D eigenvalue weighted by molar-refractivity contribution is -0.137. The van der Waals surface area contributed by atoms with Gasteiger partial charge < -0.3 is 20.2 Å². The second-order valence-corrected chi connectivity index (χ2v) is 7.78. The molecule has 2 saturated heterocycles. The number of β-amino-alcohol motifs (C(OH)–C–C–N with tert-alkyl or cyclic N) is 1. The third-order valence-electron chi connectivity index (χ3n) is 5.44. The number of alkyl halides is 5. The van der Waals surface area contributed by atoms with Gasteiger partial charge in [0, 0.05) is 30.7 Å². The van der Waals surface area contributed by atoms with Crippen molar-refractivity contribution in [2.75, 3.05) is 41.3 Å². The summed E-state index contributed by atoms with van der Waals surface area (Å²) in [7, 11) is 0. The van der Waals surface area contributed by atoms with Crippen LogP contribution in [0, 0.1) is 0 Å². The van der Waals surface area contributed by atoms with Gasteiger partial charge in [0.2, 0.25) is 5.95 Å². The van der Waals surface area contributed by atoms with Gasteiger partial charge in [-0.3, -0.25) is 0 Å². The summed E-state index contributed by atoms with van der Waals surface area (Å²) >= 11 is 0. The van der Waals surface area contributed by atoms with E-state index >= 15 is 0 Å². The van der Waals surface area contributed by atoms with Crippen molar-refractivity contribution >= 4 is 23.1 Å². The van der Waals surface area contributed by atoms with Crippen molar-refractivity contribution in [1.82, 2.24) is 9.97 Å². The number of aliphatic hydroxyl groups is 1. The molecule has 1 unspecified atom stereocenters. The van der Waals surface area contributed by atoms with E-state index < -0.39 is 43.0 Å². The number of hydrogen-bond donors (Lipinski definition) is 2. The molecule has 2 aliphatic rings. The zero-order chi connectivity index (χ0) is 22.2. The highest BCUT2D eigenvalue weighted by atomic mass is 19.4. The molecule has 1 aromatic heterocycles. The Hall–Kier alpha value is -2.69. The van der Waals surface area contributed by atoms with E-state index in [-0.39, 0.29) is 12.1 Å². The minimum Gasteiger partial charge on any atom is -0.391 e. The van der Waals surface area contributed by atoms with E-state index in [1.807, 2.05) is 12.1 Å². The second-order valence-electron chi connectivity index (χ2n) is 7.78. The van der Waals surface area contributed by atoms with Crippen LogP contribution in [0.1, 0.15) is 18.4 Å². The quantitative estimate of drug-likeness (QED) is 0.703. The van der Waals surface area contributed by atoms with Crippen LogP contribution >= 0.6 is 0 Å². The molecule has 0 bridgehead atoms. The zero-order valence-electron chi connectivity index (χ0n) is 16.5. The normalized spacial score (nSPS) is 24.5. The van der Waals surface area contributed by atoms with Gasteiger partial charge in [-0.1, -0.05) is 0 Å². The highest BCUT2D eigenvalue weighted by Gasteiger charge is 2.41. The molecule has 6 nitrogen and oxygen atoms in total. The molecule has 0 saturated carbocycles. The average molecular weight is 443 g/mol. The molecule has 2 N–H and O–H groups in total. The van der Waals surface area contributed by atoms with Crippen molar-refractivity contribution in [3.05, 3.63) is 36.0 Å². The van der Waals surface area contributed by atoms with Crippen molar-refractivity contribution < 1.29 is 27.1 Å². The predicted molar refractivity (Wildman–Crippen MR) is 106 cm³/mol. The Morgan fingerprint density at radius 1 is 1.00 bits per heavy atom. The number of aliphatic hydroxyl groups excluding tert-OH is 1. The fourth-order valence-electron chi connectivity index (χ4n) is 3.85. The van der Waals surface area contributed by atoms with Crippen LogP contribution in [0.15, 0.2) is 30.5 Å². The molecule has 168 valence electrons. The first-order valence-electron chi connectivity index (χ1n) is 9.98. The summed E-state index contributed by atoms with van der Waals surface area (Å²) in [6.07, 6.45) is -6.58. The lowest BCUT2D eigenvalue weighted by Crippen LogP contribution is -2.38. The number of nitrogens with zero attached hydrogens (tertiary/aromatic N) is 4. The van der Waals surface area contributed by atoms with Crippen LogP contribution in [0.25, 0.3) is 0 Å². The molecule has 0 spiro atoms. The highest BCUT2D eigenvalue weighted by Crippen LogP contribution is 2.37. The Morgan fingerprint density at radius 3 is 2.29 bits per heavy atom. The van der Waals surface area contributed by atoms with E-state index in [2.05, 4.69) is 20.2 Å². The number of benzene rings is 1.